The van der Waals surface area contributed by atoms with Crippen LogP contribution in [0.2, 0.25) is 0 Å². The molecule has 0 aliphatic carbocycles. The van der Waals surface area contributed by atoms with Gasteiger partial charge in [0, 0.05) is 17.7 Å². The fourth-order valence-corrected chi connectivity index (χ4v) is 2.46. The Labute approximate surface area is 97.4 Å². The number of phenolic OH excluding ortho intramolecular Hbond substituents is 2. The molecule has 1 atom stereocenters. The molecular weight excluding hydrogens is 228 g/mol. The van der Waals surface area contributed by atoms with Gasteiger partial charge in [-0.05, 0) is 30.5 Å². The number of rotatable bonds is 2. The van der Waals surface area contributed by atoms with Gasteiger partial charge in [0.05, 0.1) is 12.0 Å². The maximum Gasteiger partial charge on any atom is 0.317 e. The SMILES string of the molecule is O=C1CCC(Cc2cc(O)cc(O)c2)SO1. The molecule has 5 heteroatoms. The first-order chi connectivity index (χ1) is 7.63. The predicted molar refractivity (Wildman–Crippen MR) is 60.2 cm³/mol. The van der Waals surface area contributed by atoms with Gasteiger partial charge in [0.2, 0.25) is 0 Å². The van der Waals surface area contributed by atoms with Crippen LogP contribution in [0, 0.1) is 0 Å². The van der Waals surface area contributed by atoms with E-state index in [0.29, 0.717) is 12.8 Å². The van der Waals surface area contributed by atoms with E-state index >= 15 is 0 Å². The van der Waals surface area contributed by atoms with Crippen LogP contribution in [0.3, 0.4) is 0 Å². The van der Waals surface area contributed by atoms with E-state index in [1.165, 1.54) is 18.1 Å². The topological polar surface area (TPSA) is 66.8 Å². The molecule has 0 aromatic heterocycles. The third-order valence-electron chi connectivity index (χ3n) is 2.37. The van der Waals surface area contributed by atoms with E-state index in [0.717, 1.165) is 12.0 Å². The number of benzene rings is 1. The van der Waals surface area contributed by atoms with Crippen LogP contribution >= 0.6 is 12.0 Å². The van der Waals surface area contributed by atoms with Crippen LogP contribution in [-0.2, 0) is 15.4 Å². The van der Waals surface area contributed by atoms with Gasteiger partial charge in [0.25, 0.3) is 0 Å². The van der Waals surface area contributed by atoms with Gasteiger partial charge in [-0.1, -0.05) is 0 Å². The van der Waals surface area contributed by atoms with Crippen molar-refractivity contribution in [3.8, 4) is 11.5 Å². The number of hydrogen-bond donors (Lipinski definition) is 2. The van der Waals surface area contributed by atoms with Crippen molar-refractivity contribution in [1.29, 1.82) is 0 Å². The van der Waals surface area contributed by atoms with E-state index in [4.69, 9.17) is 4.18 Å². The molecule has 1 aliphatic rings. The summed E-state index contributed by atoms with van der Waals surface area (Å²) in [7, 11) is 0. The summed E-state index contributed by atoms with van der Waals surface area (Å²) in [5.74, 6) is -0.0828. The second kappa shape index (κ2) is 4.65. The van der Waals surface area contributed by atoms with E-state index in [1.807, 2.05) is 0 Å². The highest BCUT2D eigenvalue weighted by molar-refractivity contribution is 7.95. The second-order valence-electron chi connectivity index (χ2n) is 3.77. The molecule has 1 fully saturated rings. The summed E-state index contributed by atoms with van der Waals surface area (Å²) in [6, 6.07) is 4.50. The summed E-state index contributed by atoms with van der Waals surface area (Å²) in [4.78, 5) is 10.8. The average molecular weight is 240 g/mol. The van der Waals surface area contributed by atoms with Gasteiger partial charge >= 0.3 is 5.97 Å². The third kappa shape index (κ3) is 2.82. The minimum absolute atomic E-state index is 0.0489. The normalized spacial score (nSPS) is 20.5. The Hall–Kier alpha value is -1.36. The van der Waals surface area contributed by atoms with Crippen molar-refractivity contribution in [2.24, 2.45) is 0 Å². The number of carbonyl (C=O) groups excluding carboxylic acids is 1. The Kier molecular flexibility index (Phi) is 3.24. The van der Waals surface area contributed by atoms with Gasteiger partial charge in [0.15, 0.2) is 0 Å². The maximum atomic E-state index is 10.8. The minimum Gasteiger partial charge on any atom is -0.508 e. The molecule has 0 saturated carbocycles. The highest BCUT2D eigenvalue weighted by Gasteiger charge is 2.21. The highest BCUT2D eigenvalue weighted by Crippen LogP contribution is 2.29. The fourth-order valence-electron chi connectivity index (χ4n) is 1.66. The molecule has 4 nitrogen and oxygen atoms in total. The quantitative estimate of drug-likeness (QED) is 0.774. The maximum absolute atomic E-state index is 10.8. The molecular formula is C11H12O4S. The molecule has 2 N–H and O–H groups in total. The molecule has 0 bridgehead atoms. The lowest BCUT2D eigenvalue weighted by atomic mass is 10.1. The average Bonchev–Trinajstić information content (AvgIpc) is 2.20. The molecule has 2 rings (SSSR count). The molecule has 1 aliphatic heterocycles. The number of carbonyl (C=O) groups is 1. The summed E-state index contributed by atoms with van der Waals surface area (Å²) in [6.07, 6.45) is 1.86. The molecule has 1 heterocycles. The Bertz CT molecular complexity index is 375. The van der Waals surface area contributed by atoms with E-state index in [1.54, 1.807) is 12.1 Å². The van der Waals surface area contributed by atoms with E-state index < -0.39 is 0 Å². The van der Waals surface area contributed by atoms with Crippen LogP contribution in [0.4, 0.5) is 0 Å². The third-order valence-corrected chi connectivity index (χ3v) is 3.33. The molecule has 0 amide bonds. The highest BCUT2D eigenvalue weighted by atomic mass is 32.2. The lowest BCUT2D eigenvalue weighted by Crippen LogP contribution is -2.17. The first-order valence-electron chi connectivity index (χ1n) is 5.01. The lowest BCUT2D eigenvalue weighted by molar-refractivity contribution is -0.133. The molecule has 0 spiro atoms. The van der Waals surface area contributed by atoms with Crippen molar-refractivity contribution in [2.75, 3.05) is 0 Å². The van der Waals surface area contributed by atoms with Crippen molar-refractivity contribution < 1.29 is 19.2 Å². The van der Waals surface area contributed by atoms with Crippen LogP contribution < -0.4 is 0 Å². The van der Waals surface area contributed by atoms with Crippen molar-refractivity contribution >= 4 is 18.0 Å². The number of phenols is 2. The molecule has 1 unspecified atom stereocenters. The van der Waals surface area contributed by atoms with E-state index in [9.17, 15) is 15.0 Å². The van der Waals surface area contributed by atoms with Crippen molar-refractivity contribution in [3.05, 3.63) is 23.8 Å². The standard InChI is InChI=1S/C11H12O4S/c12-8-3-7(4-9(13)6-8)5-10-1-2-11(14)15-16-10/h3-4,6,10,12-13H,1-2,5H2. The molecule has 1 aromatic carbocycles. The second-order valence-corrected chi connectivity index (χ2v) is 4.80. The van der Waals surface area contributed by atoms with Crippen LogP contribution in [0.1, 0.15) is 18.4 Å². The van der Waals surface area contributed by atoms with Crippen LogP contribution in [-0.4, -0.2) is 21.4 Å². The Morgan fingerprint density at radius 2 is 2.00 bits per heavy atom. The summed E-state index contributed by atoms with van der Waals surface area (Å²) < 4.78 is 4.88. The largest absolute Gasteiger partial charge is 0.508 e. The Balaban J connectivity index is 2.00. The van der Waals surface area contributed by atoms with E-state index in [2.05, 4.69) is 0 Å². The van der Waals surface area contributed by atoms with Gasteiger partial charge < -0.3 is 14.4 Å². The monoisotopic (exact) mass is 240 g/mol. The Morgan fingerprint density at radius 1 is 1.31 bits per heavy atom. The number of aromatic hydroxyl groups is 2. The van der Waals surface area contributed by atoms with Crippen molar-refractivity contribution in [1.82, 2.24) is 0 Å². The Morgan fingerprint density at radius 3 is 2.56 bits per heavy atom. The summed E-state index contributed by atoms with van der Waals surface area (Å²) in [5.41, 5.74) is 0.841. The van der Waals surface area contributed by atoms with Gasteiger partial charge in [-0.25, -0.2) is 0 Å². The molecule has 86 valence electrons. The van der Waals surface area contributed by atoms with Crippen LogP contribution in [0.5, 0.6) is 11.5 Å². The van der Waals surface area contributed by atoms with Crippen LogP contribution in [0.15, 0.2) is 18.2 Å². The van der Waals surface area contributed by atoms with Gasteiger partial charge in [0.1, 0.15) is 11.5 Å². The number of hydrogen-bond acceptors (Lipinski definition) is 5. The minimum atomic E-state index is -0.181. The first kappa shape index (κ1) is 11.1. The van der Waals surface area contributed by atoms with E-state index in [-0.39, 0.29) is 22.7 Å². The molecule has 1 aromatic rings. The zero-order valence-corrected chi connectivity index (χ0v) is 9.37. The zero-order chi connectivity index (χ0) is 11.5. The van der Waals surface area contributed by atoms with Crippen LogP contribution in [0.25, 0.3) is 0 Å². The molecule has 1 saturated heterocycles. The predicted octanol–water partition coefficient (Wildman–Crippen LogP) is 1.99. The lowest BCUT2D eigenvalue weighted by Gasteiger charge is -2.19. The fraction of sp³-hybridized carbons (Fsp3) is 0.364. The summed E-state index contributed by atoms with van der Waals surface area (Å²) in [6.45, 7) is 0. The zero-order valence-electron chi connectivity index (χ0n) is 8.55. The van der Waals surface area contributed by atoms with Gasteiger partial charge in [-0.3, -0.25) is 4.79 Å². The summed E-state index contributed by atoms with van der Waals surface area (Å²) in [5, 5.41) is 18.8. The molecule has 16 heavy (non-hydrogen) atoms. The smallest absolute Gasteiger partial charge is 0.317 e. The van der Waals surface area contributed by atoms with Gasteiger partial charge in [-0.15, -0.1) is 0 Å². The first-order valence-corrected chi connectivity index (χ1v) is 5.82. The van der Waals surface area contributed by atoms with Crippen molar-refractivity contribution in [3.63, 3.8) is 0 Å². The summed E-state index contributed by atoms with van der Waals surface area (Å²) >= 11 is 1.17. The van der Waals surface area contributed by atoms with Crippen molar-refractivity contribution in [2.45, 2.75) is 24.5 Å². The molecule has 0 radical (unpaired) electrons. The van der Waals surface area contributed by atoms with Gasteiger partial charge in [-0.2, -0.15) is 0 Å².